The lowest BCUT2D eigenvalue weighted by molar-refractivity contribution is 0.425. The molecule has 1 aromatic heterocycles. The minimum atomic E-state index is -0.221. The van der Waals surface area contributed by atoms with Gasteiger partial charge in [-0.1, -0.05) is 11.3 Å². The van der Waals surface area contributed by atoms with Gasteiger partial charge in [0, 0.05) is 31.2 Å². The number of aromatic nitrogens is 1. The zero-order valence-electron chi connectivity index (χ0n) is 10.5. The molecule has 1 N–H and O–H groups in total. The molecule has 1 aliphatic rings. The zero-order valence-corrected chi connectivity index (χ0v) is 11.3. The Bertz CT molecular complexity index is 568. The number of hydrogen-bond donors (Lipinski definition) is 1. The number of nitrogens with one attached hydrogen (secondary N) is 1. The third-order valence-electron chi connectivity index (χ3n) is 3.35. The van der Waals surface area contributed by atoms with E-state index >= 15 is 0 Å². The predicted molar refractivity (Wildman–Crippen MR) is 73.9 cm³/mol. The number of benzene rings is 1. The van der Waals surface area contributed by atoms with E-state index in [9.17, 15) is 4.39 Å². The highest BCUT2D eigenvalue weighted by Crippen LogP contribution is 2.31. The van der Waals surface area contributed by atoms with E-state index in [1.807, 2.05) is 6.07 Å². The summed E-state index contributed by atoms with van der Waals surface area (Å²) >= 11 is 1.64. The minimum Gasteiger partial charge on any atom is -0.343 e. The lowest BCUT2D eigenvalue weighted by atomic mass is 10.1. The largest absolute Gasteiger partial charge is 0.343 e. The van der Waals surface area contributed by atoms with E-state index in [0.29, 0.717) is 12.1 Å². The normalized spacial score (nSPS) is 24.7. The number of fused-ring (bicyclic) bond motifs is 1. The lowest BCUT2D eigenvalue weighted by Gasteiger charge is -2.37. The Morgan fingerprint density at radius 1 is 1.44 bits per heavy atom. The van der Waals surface area contributed by atoms with E-state index in [4.69, 9.17) is 0 Å². The summed E-state index contributed by atoms with van der Waals surface area (Å²) in [6, 6.07) is 5.69. The van der Waals surface area contributed by atoms with E-state index in [1.165, 1.54) is 12.1 Å². The summed E-state index contributed by atoms with van der Waals surface area (Å²) < 4.78 is 14.2. The van der Waals surface area contributed by atoms with E-state index in [-0.39, 0.29) is 5.82 Å². The lowest BCUT2D eigenvalue weighted by Crippen LogP contribution is -2.54. The number of rotatable bonds is 1. The number of halogens is 1. The van der Waals surface area contributed by atoms with Gasteiger partial charge in [0.25, 0.3) is 0 Å². The van der Waals surface area contributed by atoms with Crippen molar-refractivity contribution in [2.45, 2.75) is 25.9 Å². The van der Waals surface area contributed by atoms with Crippen molar-refractivity contribution in [3.05, 3.63) is 24.0 Å². The number of anilines is 1. The van der Waals surface area contributed by atoms with Gasteiger partial charge in [-0.15, -0.1) is 0 Å². The van der Waals surface area contributed by atoms with Crippen LogP contribution in [0.3, 0.4) is 0 Å². The van der Waals surface area contributed by atoms with Gasteiger partial charge >= 0.3 is 0 Å². The second-order valence-electron chi connectivity index (χ2n) is 4.92. The van der Waals surface area contributed by atoms with E-state index in [2.05, 4.69) is 29.0 Å². The molecule has 0 bridgehead atoms. The van der Waals surface area contributed by atoms with Crippen molar-refractivity contribution in [2.75, 3.05) is 18.0 Å². The van der Waals surface area contributed by atoms with Gasteiger partial charge < -0.3 is 10.2 Å². The summed E-state index contributed by atoms with van der Waals surface area (Å²) in [4.78, 5) is 6.87. The quantitative estimate of drug-likeness (QED) is 0.859. The SMILES string of the molecule is C[C@@H]1CN(c2nc3cc(F)ccc3s2)[C@@H](C)CN1. The maximum absolute atomic E-state index is 13.2. The van der Waals surface area contributed by atoms with Crippen molar-refractivity contribution < 1.29 is 4.39 Å². The zero-order chi connectivity index (χ0) is 12.7. The van der Waals surface area contributed by atoms with Crippen LogP contribution < -0.4 is 10.2 Å². The molecule has 1 fully saturated rings. The molecule has 3 nitrogen and oxygen atoms in total. The average molecular weight is 265 g/mol. The summed E-state index contributed by atoms with van der Waals surface area (Å²) in [6.45, 7) is 6.27. The first-order valence-corrected chi connectivity index (χ1v) is 7.01. The van der Waals surface area contributed by atoms with Gasteiger partial charge in [0.2, 0.25) is 0 Å². The Labute approximate surface area is 110 Å². The molecule has 0 radical (unpaired) electrons. The molecule has 96 valence electrons. The van der Waals surface area contributed by atoms with Gasteiger partial charge in [0.1, 0.15) is 5.82 Å². The van der Waals surface area contributed by atoms with Crippen LogP contribution in [0, 0.1) is 5.82 Å². The summed E-state index contributed by atoms with van der Waals surface area (Å²) in [5, 5.41) is 4.45. The van der Waals surface area contributed by atoms with Crippen LogP contribution in [0.25, 0.3) is 10.2 Å². The number of nitrogens with zero attached hydrogens (tertiary/aromatic N) is 2. The van der Waals surface area contributed by atoms with Crippen LogP contribution >= 0.6 is 11.3 Å². The summed E-state index contributed by atoms with van der Waals surface area (Å²) in [7, 11) is 0. The molecular formula is C13H16FN3S. The van der Waals surface area contributed by atoms with E-state index in [1.54, 1.807) is 11.3 Å². The monoisotopic (exact) mass is 265 g/mol. The van der Waals surface area contributed by atoms with Crippen LogP contribution in [0.5, 0.6) is 0 Å². The number of hydrogen-bond acceptors (Lipinski definition) is 4. The molecule has 0 aliphatic carbocycles. The Hall–Kier alpha value is -1.20. The average Bonchev–Trinajstić information content (AvgIpc) is 2.74. The Balaban J connectivity index is 1.97. The molecule has 2 atom stereocenters. The van der Waals surface area contributed by atoms with Crippen molar-refractivity contribution in [1.82, 2.24) is 10.3 Å². The molecule has 5 heteroatoms. The van der Waals surface area contributed by atoms with Crippen LogP contribution in [-0.2, 0) is 0 Å². The molecule has 0 amide bonds. The molecule has 1 saturated heterocycles. The standard InChI is InChI=1S/C13H16FN3S/c1-8-7-17(9(2)6-15-8)13-16-11-5-10(14)3-4-12(11)18-13/h3-5,8-9,15H,6-7H2,1-2H3/t8-,9+/m1/s1. The first-order valence-electron chi connectivity index (χ1n) is 6.19. The van der Waals surface area contributed by atoms with Crippen molar-refractivity contribution in [1.29, 1.82) is 0 Å². The molecule has 2 aromatic rings. The molecule has 1 aliphatic heterocycles. The maximum Gasteiger partial charge on any atom is 0.186 e. The third-order valence-corrected chi connectivity index (χ3v) is 4.42. The third kappa shape index (κ3) is 2.08. The van der Waals surface area contributed by atoms with Crippen molar-refractivity contribution >= 4 is 26.7 Å². The van der Waals surface area contributed by atoms with Crippen LogP contribution in [-0.4, -0.2) is 30.2 Å². The fraction of sp³-hybridized carbons (Fsp3) is 0.462. The van der Waals surface area contributed by atoms with E-state index < -0.39 is 0 Å². The Morgan fingerprint density at radius 2 is 2.28 bits per heavy atom. The second kappa shape index (κ2) is 4.48. The highest BCUT2D eigenvalue weighted by Gasteiger charge is 2.24. The fourth-order valence-corrected chi connectivity index (χ4v) is 3.36. The summed E-state index contributed by atoms with van der Waals surface area (Å²) in [5.74, 6) is -0.221. The second-order valence-corrected chi connectivity index (χ2v) is 5.93. The van der Waals surface area contributed by atoms with Gasteiger partial charge in [-0.3, -0.25) is 0 Å². The molecule has 0 saturated carbocycles. The van der Waals surface area contributed by atoms with Gasteiger partial charge in [-0.2, -0.15) is 0 Å². The Morgan fingerprint density at radius 3 is 3.11 bits per heavy atom. The molecule has 3 rings (SSSR count). The predicted octanol–water partition coefficient (Wildman–Crippen LogP) is 2.62. The molecule has 0 spiro atoms. The van der Waals surface area contributed by atoms with Crippen LogP contribution in [0.15, 0.2) is 18.2 Å². The first-order chi connectivity index (χ1) is 8.63. The topological polar surface area (TPSA) is 28.2 Å². The summed E-state index contributed by atoms with van der Waals surface area (Å²) in [5.41, 5.74) is 0.758. The maximum atomic E-state index is 13.2. The highest BCUT2D eigenvalue weighted by atomic mass is 32.1. The Kier molecular flexibility index (Phi) is 2.95. The highest BCUT2D eigenvalue weighted by molar-refractivity contribution is 7.22. The molecule has 18 heavy (non-hydrogen) atoms. The fourth-order valence-electron chi connectivity index (χ4n) is 2.30. The van der Waals surface area contributed by atoms with Gasteiger partial charge in [-0.05, 0) is 26.0 Å². The molecule has 0 unspecified atom stereocenters. The first kappa shape index (κ1) is 11.9. The smallest absolute Gasteiger partial charge is 0.186 e. The van der Waals surface area contributed by atoms with Crippen LogP contribution in [0.2, 0.25) is 0 Å². The summed E-state index contributed by atoms with van der Waals surface area (Å²) in [6.07, 6.45) is 0. The molecular weight excluding hydrogens is 249 g/mol. The van der Waals surface area contributed by atoms with Crippen molar-refractivity contribution in [2.24, 2.45) is 0 Å². The van der Waals surface area contributed by atoms with Gasteiger partial charge in [0.05, 0.1) is 10.2 Å². The molecule has 1 aromatic carbocycles. The van der Waals surface area contributed by atoms with Crippen LogP contribution in [0.4, 0.5) is 9.52 Å². The number of piperazine rings is 1. The van der Waals surface area contributed by atoms with Crippen molar-refractivity contribution in [3.63, 3.8) is 0 Å². The molecule has 2 heterocycles. The van der Waals surface area contributed by atoms with Gasteiger partial charge in [0.15, 0.2) is 5.13 Å². The number of thiazole rings is 1. The van der Waals surface area contributed by atoms with Crippen LogP contribution in [0.1, 0.15) is 13.8 Å². The van der Waals surface area contributed by atoms with Crippen molar-refractivity contribution in [3.8, 4) is 0 Å². The van der Waals surface area contributed by atoms with Gasteiger partial charge in [-0.25, -0.2) is 9.37 Å². The minimum absolute atomic E-state index is 0.221. The van der Waals surface area contributed by atoms with E-state index in [0.717, 1.165) is 28.4 Å².